The van der Waals surface area contributed by atoms with Gasteiger partial charge in [-0.2, -0.15) is 13.2 Å². The van der Waals surface area contributed by atoms with Crippen LogP contribution >= 0.6 is 0 Å². The normalized spacial score (nSPS) is 11.2. The lowest BCUT2D eigenvalue weighted by Gasteiger charge is -2.08. The van der Waals surface area contributed by atoms with Crippen molar-refractivity contribution in [1.82, 2.24) is 0 Å². The summed E-state index contributed by atoms with van der Waals surface area (Å²) in [6.07, 6.45) is -2.52. The SMILES string of the molecule is O=C(Cc1ccccc1)OCCCCOCCCCOC(=O)C(F)(F)F. The average Bonchev–Trinajstić information content (AvgIpc) is 2.59. The molecule has 0 saturated heterocycles. The van der Waals surface area contributed by atoms with Gasteiger partial charge in [-0.05, 0) is 31.2 Å². The molecule has 0 aromatic heterocycles. The minimum atomic E-state index is -4.94. The minimum absolute atomic E-state index is 0.246. The van der Waals surface area contributed by atoms with Gasteiger partial charge in [0.2, 0.25) is 0 Å². The van der Waals surface area contributed by atoms with Gasteiger partial charge >= 0.3 is 18.1 Å². The Morgan fingerprint density at radius 1 is 0.808 bits per heavy atom. The lowest BCUT2D eigenvalue weighted by Crippen LogP contribution is -2.25. The summed E-state index contributed by atoms with van der Waals surface area (Å²) in [6, 6.07) is 9.32. The number of rotatable bonds is 12. The summed E-state index contributed by atoms with van der Waals surface area (Å²) in [5, 5.41) is 0. The van der Waals surface area contributed by atoms with Crippen LogP contribution < -0.4 is 0 Å². The lowest BCUT2D eigenvalue weighted by atomic mass is 10.2. The molecular formula is C18H23F3O5. The third-order valence-corrected chi connectivity index (χ3v) is 3.28. The highest BCUT2D eigenvalue weighted by molar-refractivity contribution is 5.75. The van der Waals surface area contributed by atoms with E-state index in [1.54, 1.807) is 0 Å². The smallest absolute Gasteiger partial charge is 0.465 e. The molecule has 1 aromatic carbocycles. The monoisotopic (exact) mass is 376 g/mol. The van der Waals surface area contributed by atoms with Gasteiger partial charge in [0.05, 0.1) is 19.6 Å². The van der Waals surface area contributed by atoms with Crippen molar-refractivity contribution in [3.05, 3.63) is 35.9 Å². The van der Waals surface area contributed by atoms with E-state index in [9.17, 15) is 22.8 Å². The Labute approximate surface area is 150 Å². The Hall–Kier alpha value is -2.09. The second-order valence-electron chi connectivity index (χ2n) is 5.54. The van der Waals surface area contributed by atoms with Crippen LogP contribution in [0.25, 0.3) is 0 Å². The number of hydrogen-bond donors (Lipinski definition) is 0. The highest BCUT2D eigenvalue weighted by Gasteiger charge is 2.40. The predicted molar refractivity (Wildman–Crippen MR) is 87.4 cm³/mol. The van der Waals surface area contributed by atoms with Crippen LogP contribution in [0.2, 0.25) is 0 Å². The number of carbonyl (C=O) groups is 2. The Bertz CT molecular complexity index is 531. The van der Waals surface area contributed by atoms with Crippen molar-refractivity contribution in [3.8, 4) is 0 Å². The van der Waals surface area contributed by atoms with Gasteiger partial charge in [-0.1, -0.05) is 30.3 Å². The molecular weight excluding hydrogens is 353 g/mol. The number of halogens is 3. The highest BCUT2D eigenvalue weighted by atomic mass is 19.4. The van der Waals surface area contributed by atoms with Crippen molar-refractivity contribution in [2.45, 2.75) is 38.3 Å². The molecule has 1 aromatic rings. The summed E-state index contributed by atoms with van der Waals surface area (Å²) in [7, 11) is 0. The van der Waals surface area contributed by atoms with Crippen molar-refractivity contribution in [1.29, 1.82) is 0 Å². The van der Waals surface area contributed by atoms with E-state index >= 15 is 0 Å². The molecule has 0 amide bonds. The first kappa shape index (κ1) is 22.0. The van der Waals surface area contributed by atoms with Gasteiger partial charge < -0.3 is 14.2 Å². The third-order valence-electron chi connectivity index (χ3n) is 3.28. The fraction of sp³-hybridized carbons (Fsp3) is 0.556. The first-order valence-corrected chi connectivity index (χ1v) is 8.41. The molecule has 1 rings (SSSR count). The molecule has 0 saturated carbocycles. The van der Waals surface area contributed by atoms with E-state index in [1.165, 1.54) is 0 Å². The van der Waals surface area contributed by atoms with E-state index < -0.39 is 12.1 Å². The van der Waals surface area contributed by atoms with Crippen LogP contribution in [0, 0.1) is 0 Å². The number of carbonyl (C=O) groups excluding carboxylic acids is 2. The van der Waals surface area contributed by atoms with Crippen LogP contribution in [0.3, 0.4) is 0 Å². The van der Waals surface area contributed by atoms with E-state index in [0.717, 1.165) is 5.56 Å². The quantitative estimate of drug-likeness (QED) is 0.413. The predicted octanol–water partition coefficient (Wildman–Crippen LogP) is 3.45. The van der Waals surface area contributed by atoms with E-state index in [2.05, 4.69) is 4.74 Å². The maximum atomic E-state index is 11.9. The van der Waals surface area contributed by atoms with Crippen LogP contribution in [-0.2, 0) is 30.2 Å². The van der Waals surface area contributed by atoms with Crippen LogP contribution in [0.5, 0.6) is 0 Å². The van der Waals surface area contributed by atoms with Crippen molar-refractivity contribution in [2.75, 3.05) is 26.4 Å². The fourth-order valence-corrected chi connectivity index (χ4v) is 1.96. The Morgan fingerprint density at radius 3 is 1.92 bits per heavy atom. The Morgan fingerprint density at radius 2 is 1.35 bits per heavy atom. The second kappa shape index (κ2) is 12.3. The number of benzene rings is 1. The van der Waals surface area contributed by atoms with E-state index in [0.29, 0.717) is 45.5 Å². The maximum Gasteiger partial charge on any atom is 0.490 e. The highest BCUT2D eigenvalue weighted by Crippen LogP contribution is 2.16. The molecule has 0 aliphatic carbocycles. The largest absolute Gasteiger partial charge is 0.490 e. The molecule has 0 unspecified atom stereocenters. The van der Waals surface area contributed by atoms with Crippen molar-refractivity contribution in [3.63, 3.8) is 0 Å². The third kappa shape index (κ3) is 10.7. The minimum Gasteiger partial charge on any atom is -0.465 e. The molecule has 0 fully saturated rings. The summed E-state index contributed by atoms with van der Waals surface area (Å²) in [4.78, 5) is 22.0. The molecule has 146 valence electrons. The molecule has 0 radical (unpaired) electrons. The molecule has 5 nitrogen and oxygen atoms in total. The molecule has 0 spiro atoms. The first-order valence-electron chi connectivity index (χ1n) is 8.41. The molecule has 0 heterocycles. The van der Waals surface area contributed by atoms with Crippen LogP contribution in [0.15, 0.2) is 30.3 Å². The first-order chi connectivity index (χ1) is 12.4. The van der Waals surface area contributed by atoms with Crippen molar-refractivity contribution < 1.29 is 37.0 Å². The molecule has 0 aliphatic rings. The number of hydrogen-bond acceptors (Lipinski definition) is 5. The van der Waals surface area contributed by atoms with Crippen LogP contribution in [0.1, 0.15) is 31.2 Å². The average molecular weight is 376 g/mol. The van der Waals surface area contributed by atoms with Gasteiger partial charge in [-0.15, -0.1) is 0 Å². The summed E-state index contributed by atoms with van der Waals surface area (Å²) < 4.78 is 50.1. The summed E-state index contributed by atoms with van der Waals surface area (Å²) in [5.41, 5.74) is 0.904. The summed E-state index contributed by atoms with van der Waals surface area (Å²) in [5.74, 6) is -2.44. The Balaban J connectivity index is 1.88. The molecule has 26 heavy (non-hydrogen) atoms. The van der Waals surface area contributed by atoms with Gasteiger partial charge in [0, 0.05) is 13.2 Å². The van der Waals surface area contributed by atoms with E-state index in [4.69, 9.17) is 9.47 Å². The van der Waals surface area contributed by atoms with Gasteiger partial charge in [0.1, 0.15) is 0 Å². The zero-order chi connectivity index (χ0) is 19.3. The Kier molecular flexibility index (Phi) is 10.4. The van der Waals surface area contributed by atoms with Crippen LogP contribution in [-0.4, -0.2) is 44.5 Å². The standard InChI is InChI=1S/C18H23F3O5/c19-18(20,21)17(23)26-13-7-5-11-24-10-4-6-12-25-16(22)14-15-8-2-1-3-9-15/h1-3,8-9H,4-7,10-14H2. The van der Waals surface area contributed by atoms with Gasteiger partial charge in [0.15, 0.2) is 0 Å². The number of unbranched alkanes of at least 4 members (excludes halogenated alkanes) is 2. The van der Waals surface area contributed by atoms with E-state index in [-0.39, 0.29) is 19.0 Å². The van der Waals surface area contributed by atoms with Gasteiger partial charge in [-0.25, -0.2) is 4.79 Å². The van der Waals surface area contributed by atoms with E-state index in [1.807, 2.05) is 30.3 Å². The molecule has 8 heteroatoms. The molecule has 0 bridgehead atoms. The fourth-order valence-electron chi connectivity index (χ4n) is 1.96. The molecule has 0 aliphatic heterocycles. The number of ether oxygens (including phenoxy) is 3. The van der Waals surface area contributed by atoms with Gasteiger partial charge in [-0.3, -0.25) is 4.79 Å². The summed E-state index contributed by atoms with van der Waals surface area (Å²) >= 11 is 0. The second-order valence-corrected chi connectivity index (χ2v) is 5.54. The number of esters is 2. The van der Waals surface area contributed by atoms with Crippen LogP contribution in [0.4, 0.5) is 13.2 Å². The molecule has 0 N–H and O–H groups in total. The summed E-state index contributed by atoms with van der Waals surface area (Å²) in [6.45, 7) is 0.886. The van der Waals surface area contributed by atoms with Crippen molar-refractivity contribution in [2.24, 2.45) is 0 Å². The van der Waals surface area contributed by atoms with Gasteiger partial charge in [0.25, 0.3) is 0 Å². The topological polar surface area (TPSA) is 61.8 Å². The van der Waals surface area contributed by atoms with Crippen molar-refractivity contribution >= 4 is 11.9 Å². The molecule has 0 atom stereocenters. The lowest BCUT2D eigenvalue weighted by molar-refractivity contribution is -0.199. The maximum absolute atomic E-state index is 11.9. The zero-order valence-electron chi connectivity index (χ0n) is 14.4. The zero-order valence-corrected chi connectivity index (χ0v) is 14.4. The number of alkyl halides is 3.